The van der Waals surface area contributed by atoms with E-state index in [2.05, 4.69) is 4.72 Å². The van der Waals surface area contributed by atoms with E-state index in [9.17, 15) is 21.6 Å². The molecule has 0 spiro atoms. The van der Waals surface area contributed by atoms with Crippen molar-refractivity contribution < 1.29 is 31.2 Å². The number of carboxylic acid groups (broad SMARTS) is 1. The third-order valence-electron chi connectivity index (χ3n) is 3.34. The van der Waals surface area contributed by atoms with Crippen molar-refractivity contribution in [3.63, 3.8) is 0 Å². The van der Waals surface area contributed by atoms with E-state index >= 15 is 0 Å². The smallest absolute Gasteiger partial charge is 0.371 e. The molecule has 21 heavy (non-hydrogen) atoms. The molecule has 0 radical (unpaired) electrons. The summed E-state index contributed by atoms with van der Waals surface area (Å²) in [6.07, 6.45) is 0.929. The number of sulfonamides is 1. The summed E-state index contributed by atoms with van der Waals surface area (Å²) in [6.45, 7) is 1.10. The van der Waals surface area contributed by atoms with Crippen molar-refractivity contribution in [1.82, 2.24) is 4.72 Å². The lowest BCUT2D eigenvalue weighted by atomic mass is 10.2. The van der Waals surface area contributed by atoms with Gasteiger partial charge in [-0.05, 0) is 19.8 Å². The van der Waals surface area contributed by atoms with Crippen LogP contribution in [0.15, 0.2) is 15.4 Å². The highest BCUT2D eigenvalue weighted by atomic mass is 32.2. The lowest BCUT2D eigenvalue weighted by Crippen LogP contribution is -2.34. The van der Waals surface area contributed by atoms with E-state index < -0.39 is 36.8 Å². The number of hydrogen-bond donors (Lipinski definition) is 2. The van der Waals surface area contributed by atoms with Gasteiger partial charge in [0, 0.05) is 12.6 Å². The standard InChI is InChI=1S/C11H15NO7S2/c1-7-10(5-9(19-7)11(13)14)21(17,18)12-6-8-3-2-4-20(8,15)16/h5,8,12H,2-4,6H2,1H3,(H,13,14). The zero-order valence-electron chi connectivity index (χ0n) is 11.2. The Labute approximate surface area is 122 Å². The minimum atomic E-state index is -4.01. The zero-order chi connectivity index (χ0) is 15.8. The quantitative estimate of drug-likeness (QED) is 0.781. The molecule has 2 heterocycles. The summed E-state index contributed by atoms with van der Waals surface area (Å²) >= 11 is 0. The lowest BCUT2D eigenvalue weighted by molar-refractivity contribution is 0.0661. The molecule has 0 aliphatic carbocycles. The van der Waals surface area contributed by atoms with Crippen LogP contribution in [0.25, 0.3) is 0 Å². The van der Waals surface area contributed by atoms with Crippen LogP contribution in [-0.2, 0) is 19.9 Å². The molecule has 0 amide bonds. The summed E-state index contributed by atoms with van der Waals surface area (Å²) in [7, 11) is -7.27. The molecular weight excluding hydrogens is 322 g/mol. The molecule has 1 unspecified atom stereocenters. The number of carbonyl (C=O) groups is 1. The van der Waals surface area contributed by atoms with Crippen molar-refractivity contribution in [2.75, 3.05) is 12.3 Å². The highest BCUT2D eigenvalue weighted by Gasteiger charge is 2.33. The Hall–Kier alpha value is -1.39. The molecule has 1 aliphatic heterocycles. The van der Waals surface area contributed by atoms with Gasteiger partial charge in [0.15, 0.2) is 9.84 Å². The van der Waals surface area contributed by atoms with E-state index in [4.69, 9.17) is 9.52 Å². The Morgan fingerprint density at radius 1 is 1.52 bits per heavy atom. The molecule has 8 nitrogen and oxygen atoms in total. The first-order valence-electron chi connectivity index (χ1n) is 6.18. The Morgan fingerprint density at radius 3 is 2.67 bits per heavy atom. The number of hydrogen-bond acceptors (Lipinski definition) is 6. The molecule has 1 atom stereocenters. The van der Waals surface area contributed by atoms with E-state index in [-0.39, 0.29) is 23.0 Å². The summed E-state index contributed by atoms with van der Waals surface area (Å²) in [5.74, 6) is -1.86. The second kappa shape index (κ2) is 5.43. The zero-order valence-corrected chi connectivity index (χ0v) is 12.8. The summed E-state index contributed by atoms with van der Waals surface area (Å²) in [4.78, 5) is 10.5. The van der Waals surface area contributed by atoms with Gasteiger partial charge in [-0.3, -0.25) is 0 Å². The fraction of sp³-hybridized carbons (Fsp3) is 0.545. The minimum absolute atomic E-state index is 0.0609. The van der Waals surface area contributed by atoms with Gasteiger partial charge in [0.1, 0.15) is 10.7 Å². The molecule has 1 saturated heterocycles. The van der Waals surface area contributed by atoms with Gasteiger partial charge in [-0.2, -0.15) is 0 Å². The second-order valence-electron chi connectivity index (χ2n) is 4.82. The van der Waals surface area contributed by atoms with Gasteiger partial charge in [-0.15, -0.1) is 0 Å². The normalized spacial score (nSPS) is 21.5. The molecule has 10 heteroatoms. The summed E-state index contributed by atoms with van der Waals surface area (Å²) in [5, 5.41) is 8.03. The summed E-state index contributed by atoms with van der Waals surface area (Å²) in [6, 6.07) is 0.906. The summed E-state index contributed by atoms with van der Waals surface area (Å²) < 4.78 is 54.5. The van der Waals surface area contributed by atoms with Crippen molar-refractivity contribution in [1.29, 1.82) is 0 Å². The first kappa shape index (κ1) is 16.0. The van der Waals surface area contributed by atoms with Gasteiger partial charge in [-0.25, -0.2) is 26.4 Å². The van der Waals surface area contributed by atoms with Crippen LogP contribution in [0.1, 0.15) is 29.2 Å². The molecule has 0 saturated carbocycles. The van der Waals surface area contributed by atoms with Crippen LogP contribution in [-0.4, -0.2) is 45.5 Å². The Balaban J connectivity index is 2.17. The number of nitrogens with one attached hydrogen (secondary N) is 1. The molecule has 118 valence electrons. The average molecular weight is 337 g/mol. The van der Waals surface area contributed by atoms with Crippen molar-refractivity contribution in [3.8, 4) is 0 Å². The van der Waals surface area contributed by atoms with Crippen molar-refractivity contribution in [2.45, 2.75) is 29.9 Å². The van der Waals surface area contributed by atoms with Crippen molar-refractivity contribution in [2.24, 2.45) is 0 Å². The molecule has 1 aromatic heterocycles. The van der Waals surface area contributed by atoms with Crippen LogP contribution in [0.5, 0.6) is 0 Å². The highest BCUT2D eigenvalue weighted by Crippen LogP contribution is 2.22. The number of furan rings is 1. The van der Waals surface area contributed by atoms with E-state index in [1.54, 1.807) is 0 Å². The SMILES string of the molecule is Cc1oc(C(=O)O)cc1S(=O)(=O)NCC1CCCS1(=O)=O. The Morgan fingerprint density at radius 2 is 2.19 bits per heavy atom. The van der Waals surface area contributed by atoms with Crippen LogP contribution in [0.3, 0.4) is 0 Å². The molecule has 0 bridgehead atoms. The summed E-state index contributed by atoms with van der Waals surface area (Å²) in [5.41, 5.74) is 0. The van der Waals surface area contributed by atoms with Crippen LogP contribution in [0, 0.1) is 6.92 Å². The molecule has 2 N–H and O–H groups in total. The van der Waals surface area contributed by atoms with Gasteiger partial charge in [-0.1, -0.05) is 0 Å². The van der Waals surface area contributed by atoms with Crippen LogP contribution < -0.4 is 4.72 Å². The molecule has 1 aromatic rings. The molecule has 1 aliphatic rings. The number of aryl methyl sites for hydroxylation is 1. The predicted molar refractivity (Wildman–Crippen MR) is 72.4 cm³/mol. The number of sulfone groups is 1. The van der Waals surface area contributed by atoms with Crippen molar-refractivity contribution >= 4 is 25.8 Å². The molecule has 0 aromatic carbocycles. The molecule has 2 rings (SSSR count). The maximum Gasteiger partial charge on any atom is 0.371 e. The monoisotopic (exact) mass is 337 g/mol. The fourth-order valence-electron chi connectivity index (χ4n) is 2.21. The lowest BCUT2D eigenvalue weighted by Gasteiger charge is -2.10. The van der Waals surface area contributed by atoms with Gasteiger partial charge in [0.2, 0.25) is 15.8 Å². The van der Waals surface area contributed by atoms with Gasteiger partial charge < -0.3 is 9.52 Å². The topological polar surface area (TPSA) is 131 Å². The van der Waals surface area contributed by atoms with Crippen LogP contribution in [0.4, 0.5) is 0 Å². The van der Waals surface area contributed by atoms with Gasteiger partial charge in [0.05, 0.1) is 11.0 Å². The molecular formula is C11H15NO7S2. The molecule has 1 fully saturated rings. The predicted octanol–water partition coefficient (Wildman–Crippen LogP) is 0.142. The third kappa shape index (κ3) is 3.27. The van der Waals surface area contributed by atoms with Crippen molar-refractivity contribution in [3.05, 3.63) is 17.6 Å². The Kier molecular flexibility index (Phi) is 4.13. The first-order valence-corrected chi connectivity index (χ1v) is 9.38. The van der Waals surface area contributed by atoms with E-state index in [1.807, 2.05) is 0 Å². The minimum Gasteiger partial charge on any atom is -0.475 e. The van der Waals surface area contributed by atoms with Crippen LogP contribution >= 0.6 is 0 Å². The van der Waals surface area contributed by atoms with E-state index in [0.717, 1.165) is 6.07 Å². The number of carboxylic acids is 1. The van der Waals surface area contributed by atoms with E-state index in [0.29, 0.717) is 12.8 Å². The Bertz CT molecular complexity index is 760. The van der Waals surface area contributed by atoms with Crippen LogP contribution in [0.2, 0.25) is 0 Å². The fourth-order valence-corrected chi connectivity index (χ4v) is 5.33. The first-order chi connectivity index (χ1) is 9.63. The van der Waals surface area contributed by atoms with Gasteiger partial charge >= 0.3 is 5.97 Å². The van der Waals surface area contributed by atoms with E-state index in [1.165, 1.54) is 6.92 Å². The maximum absolute atomic E-state index is 12.1. The number of rotatable bonds is 5. The number of aromatic carboxylic acids is 1. The maximum atomic E-state index is 12.1. The average Bonchev–Trinajstić information content (AvgIpc) is 2.90. The largest absolute Gasteiger partial charge is 0.475 e. The van der Waals surface area contributed by atoms with Gasteiger partial charge in [0.25, 0.3) is 0 Å². The second-order valence-corrected chi connectivity index (χ2v) is 8.96. The third-order valence-corrected chi connectivity index (χ3v) is 7.14. The highest BCUT2D eigenvalue weighted by molar-refractivity contribution is 7.92.